The first kappa shape index (κ1) is 22.3. The first-order chi connectivity index (χ1) is 14.3. The Morgan fingerprint density at radius 2 is 1.60 bits per heavy atom. The number of rotatable bonds is 6. The van der Waals surface area contributed by atoms with E-state index >= 15 is 0 Å². The van der Waals surface area contributed by atoms with Gasteiger partial charge < -0.3 is 9.64 Å². The van der Waals surface area contributed by atoms with E-state index in [1.165, 1.54) is 22.5 Å². The van der Waals surface area contributed by atoms with Gasteiger partial charge in [-0.1, -0.05) is 23.7 Å². The molecule has 1 aliphatic heterocycles. The van der Waals surface area contributed by atoms with E-state index in [1.807, 2.05) is 38.1 Å². The summed E-state index contributed by atoms with van der Waals surface area (Å²) in [6.07, 6.45) is 3.37. The van der Waals surface area contributed by atoms with Crippen molar-refractivity contribution in [3.63, 3.8) is 0 Å². The Morgan fingerprint density at radius 1 is 1.00 bits per heavy atom. The molecule has 0 aromatic heterocycles. The average Bonchev–Trinajstić information content (AvgIpc) is 2.73. The molecule has 6 nitrogen and oxygen atoms in total. The highest BCUT2D eigenvalue weighted by Crippen LogP contribution is 2.20. The van der Waals surface area contributed by atoms with Crippen LogP contribution in [0.1, 0.15) is 19.4 Å². The second-order valence-electron chi connectivity index (χ2n) is 7.25. The van der Waals surface area contributed by atoms with Crippen molar-refractivity contribution in [2.45, 2.75) is 24.8 Å². The highest BCUT2D eigenvalue weighted by Gasteiger charge is 2.29. The minimum Gasteiger partial charge on any atom is -0.491 e. The van der Waals surface area contributed by atoms with E-state index in [-0.39, 0.29) is 30.0 Å². The van der Waals surface area contributed by atoms with Crippen LogP contribution in [0, 0.1) is 0 Å². The number of carbonyl (C=O) groups is 1. The summed E-state index contributed by atoms with van der Waals surface area (Å²) in [5, 5.41) is 0.484. The molecule has 0 unspecified atom stereocenters. The maximum Gasteiger partial charge on any atom is 0.246 e. The Labute approximate surface area is 182 Å². The molecule has 1 amide bonds. The highest BCUT2D eigenvalue weighted by molar-refractivity contribution is 7.89. The summed E-state index contributed by atoms with van der Waals surface area (Å²) in [7, 11) is -3.59. The molecule has 30 heavy (non-hydrogen) atoms. The van der Waals surface area contributed by atoms with E-state index in [4.69, 9.17) is 16.3 Å². The smallest absolute Gasteiger partial charge is 0.246 e. The van der Waals surface area contributed by atoms with E-state index in [1.54, 1.807) is 23.1 Å². The van der Waals surface area contributed by atoms with Crippen molar-refractivity contribution >= 4 is 33.6 Å². The Balaban J connectivity index is 1.56. The summed E-state index contributed by atoms with van der Waals surface area (Å²) in [4.78, 5) is 14.3. The zero-order valence-corrected chi connectivity index (χ0v) is 18.6. The number of piperazine rings is 1. The normalized spacial score (nSPS) is 15.7. The van der Waals surface area contributed by atoms with Gasteiger partial charge in [-0.2, -0.15) is 4.31 Å². The molecular formula is C22H25ClN2O4S. The summed E-state index contributed by atoms with van der Waals surface area (Å²) in [5.74, 6) is 0.646. The standard InChI is InChI=1S/C22H25ClN2O4S/c1-17(2)29-20-8-3-18(4-9-20)5-12-22(26)24-13-15-25(16-14-24)30(27,28)21-10-6-19(23)7-11-21/h3-12,17H,13-16H2,1-2H3. The molecule has 1 aliphatic rings. The lowest BCUT2D eigenvalue weighted by molar-refractivity contribution is -0.127. The van der Waals surface area contributed by atoms with Crippen LogP contribution in [0.5, 0.6) is 5.75 Å². The number of nitrogens with zero attached hydrogens (tertiary/aromatic N) is 2. The first-order valence-electron chi connectivity index (χ1n) is 9.75. The van der Waals surface area contributed by atoms with Gasteiger partial charge in [-0.3, -0.25) is 4.79 Å². The second kappa shape index (κ2) is 9.64. The van der Waals surface area contributed by atoms with Crippen LogP contribution >= 0.6 is 11.6 Å². The van der Waals surface area contributed by atoms with Gasteiger partial charge in [0.1, 0.15) is 5.75 Å². The molecule has 0 spiro atoms. The zero-order chi connectivity index (χ0) is 21.7. The van der Waals surface area contributed by atoms with Gasteiger partial charge >= 0.3 is 0 Å². The van der Waals surface area contributed by atoms with Gasteiger partial charge in [0.15, 0.2) is 0 Å². The van der Waals surface area contributed by atoms with Crippen LogP contribution in [0.15, 0.2) is 59.5 Å². The van der Waals surface area contributed by atoms with Gasteiger partial charge in [-0.25, -0.2) is 8.42 Å². The van der Waals surface area contributed by atoms with Crippen molar-refractivity contribution in [1.82, 2.24) is 9.21 Å². The third kappa shape index (κ3) is 5.62. The number of hydrogen-bond acceptors (Lipinski definition) is 4. The molecule has 0 N–H and O–H groups in total. The quantitative estimate of drug-likeness (QED) is 0.632. The first-order valence-corrected chi connectivity index (χ1v) is 11.6. The summed E-state index contributed by atoms with van der Waals surface area (Å²) in [5.41, 5.74) is 0.892. The van der Waals surface area contributed by atoms with Gasteiger partial charge in [0.25, 0.3) is 0 Å². The Morgan fingerprint density at radius 3 is 2.17 bits per heavy atom. The summed E-state index contributed by atoms with van der Waals surface area (Å²) >= 11 is 5.84. The molecular weight excluding hydrogens is 424 g/mol. The molecule has 0 atom stereocenters. The maximum absolute atomic E-state index is 12.7. The molecule has 1 saturated heterocycles. The van der Waals surface area contributed by atoms with E-state index in [2.05, 4.69) is 0 Å². The minimum absolute atomic E-state index is 0.107. The minimum atomic E-state index is -3.59. The van der Waals surface area contributed by atoms with Crippen molar-refractivity contribution < 1.29 is 17.9 Å². The molecule has 3 rings (SSSR count). The van der Waals surface area contributed by atoms with Crippen molar-refractivity contribution in [3.05, 3.63) is 65.2 Å². The molecule has 1 heterocycles. The number of ether oxygens (including phenoxy) is 1. The van der Waals surface area contributed by atoms with Crippen molar-refractivity contribution in [2.75, 3.05) is 26.2 Å². The summed E-state index contributed by atoms with van der Waals surface area (Å²) < 4.78 is 32.5. The molecule has 2 aromatic rings. The largest absolute Gasteiger partial charge is 0.491 e. The molecule has 0 bridgehead atoms. The van der Waals surface area contributed by atoms with Gasteiger partial charge in [0.05, 0.1) is 11.0 Å². The second-order valence-corrected chi connectivity index (χ2v) is 9.63. The monoisotopic (exact) mass is 448 g/mol. The summed E-state index contributed by atoms with van der Waals surface area (Å²) in [6, 6.07) is 13.6. The van der Waals surface area contributed by atoms with Crippen molar-refractivity contribution in [3.8, 4) is 5.75 Å². The van der Waals surface area contributed by atoms with Gasteiger partial charge in [0.2, 0.25) is 15.9 Å². The van der Waals surface area contributed by atoms with Crippen molar-refractivity contribution in [2.24, 2.45) is 0 Å². The zero-order valence-electron chi connectivity index (χ0n) is 17.0. The number of benzene rings is 2. The average molecular weight is 449 g/mol. The predicted octanol–water partition coefficient (Wildman–Crippen LogP) is 3.67. The predicted molar refractivity (Wildman–Crippen MR) is 118 cm³/mol. The SMILES string of the molecule is CC(C)Oc1ccc(C=CC(=O)N2CCN(S(=O)(=O)c3ccc(Cl)cc3)CC2)cc1. The number of amides is 1. The Kier molecular flexibility index (Phi) is 7.18. The van der Waals surface area contributed by atoms with Crippen LogP contribution in [-0.4, -0.2) is 55.8 Å². The lowest BCUT2D eigenvalue weighted by Crippen LogP contribution is -2.50. The van der Waals surface area contributed by atoms with Crippen LogP contribution in [0.25, 0.3) is 6.08 Å². The highest BCUT2D eigenvalue weighted by atomic mass is 35.5. The lowest BCUT2D eigenvalue weighted by Gasteiger charge is -2.33. The van der Waals surface area contributed by atoms with Crippen molar-refractivity contribution in [1.29, 1.82) is 0 Å². The van der Waals surface area contributed by atoms with Crippen LogP contribution in [0.2, 0.25) is 5.02 Å². The number of hydrogen-bond donors (Lipinski definition) is 0. The fourth-order valence-electron chi connectivity index (χ4n) is 3.11. The Bertz CT molecular complexity index is 994. The fraction of sp³-hybridized carbons (Fsp3) is 0.318. The van der Waals surface area contributed by atoms with E-state index in [0.717, 1.165) is 11.3 Å². The summed E-state index contributed by atoms with van der Waals surface area (Å²) in [6.45, 7) is 5.13. The van der Waals surface area contributed by atoms with Gasteiger partial charge in [-0.15, -0.1) is 0 Å². The van der Waals surface area contributed by atoms with Gasteiger partial charge in [0, 0.05) is 37.3 Å². The maximum atomic E-state index is 12.7. The molecule has 2 aromatic carbocycles. The third-order valence-corrected chi connectivity index (χ3v) is 6.84. The lowest BCUT2D eigenvalue weighted by atomic mass is 10.2. The van der Waals surface area contributed by atoms with Gasteiger partial charge in [-0.05, 0) is 61.9 Å². The fourth-order valence-corrected chi connectivity index (χ4v) is 4.66. The molecule has 160 valence electrons. The Hall–Kier alpha value is -2.35. The molecule has 0 aliphatic carbocycles. The number of halogens is 1. The van der Waals surface area contributed by atoms with E-state index in [9.17, 15) is 13.2 Å². The van der Waals surface area contributed by atoms with E-state index < -0.39 is 10.0 Å². The topological polar surface area (TPSA) is 66.9 Å². The molecule has 0 radical (unpaired) electrons. The molecule has 8 heteroatoms. The van der Waals surface area contributed by atoms with E-state index in [0.29, 0.717) is 18.1 Å². The van der Waals surface area contributed by atoms with Crippen LogP contribution < -0.4 is 4.74 Å². The number of sulfonamides is 1. The molecule has 0 saturated carbocycles. The van der Waals surface area contributed by atoms with Crippen LogP contribution in [0.3, 0.4) is 0 Å². The molecule has 1 fully saturated rings. The van der Waals surface area contributed by atoms with Crippen LogP contribution in [-0.2, 0) is 14.8 Å². The number of carbonyl (C=O) groups excluding carboxylic acids is 1. The van der Waals surface area contributed by atoms with Crippen LogP contribution in [0.4, 0.5) is 0 Å². The third-order valence-electron chi connectivity index (χ3n) is 4.67.